The molecule has 1 saturated carbocycles. The number of nitrogens with one attached hydrogen (secondary N) is 1. The van der Waals surface area contributed by atoms with Gasteiger partial charge in [0.15, 0.2) is 5.17 Å². The lowest BCUT2D eigenvalue weighted by atomic mass is 10.0. The fraction of sp³-hybridized carbons (Fsp3) is 0.250. The zero-order chi connectivity index (χ0) is 13.4. The van der Waals surface area contributed by atoms with E-state index in [9.17, 15) is 0 Å². The van der Waals surface area contributed by atoms with Gasteiger partial charge in [0.1, 0.15) is 0 Å². The molecule has 0 saturated heterocycles. The number of hydrazone groups is 1. The molecule has 0 atom stereocenters. The topological polar surface area (TPSA) is 36.8 Å². The first-order valence-corrected chi connectivity index (χ1v) is 7.89. The minimum absolute atomic E-state index is 0.544. The van der Waals surface area contributed by atoms with Crippen LogP contribution in [0.2, 0.25) is 0 Å². The zero-order valence-corrected chi connectivity index (χ0v) is 11.9. The Hall–Kier alpha value is -1.81. The summed E-state index contributed by atoms with van der Waals surface area (Å²) in [4.78, 5) is 4.59. The molecule has 2 aliphatic rings. The van der Waals surface area contributed by atoms with Crippen LogP contribution < -0.4 is 5.43 Å². The summed E-state index contributed by atoms with van der Waals surface area (Å²) in [6.07, 6.45) is 2.46. The van der Waals surface area contributed by atoms with Crippen molar-refractivity contribution in [1.29, 1.82) is 0 Å². The third-order valence-electron chi connectivity index (χ3n) is 3.56. The summed E-state index contributed by atoms with van der Waals surface area (Å²) < 4.78 is 0. The van der Waals surface area contributed by atoms with Gasteiger partial charge in [-0.15, -0.1) is 0 Å². The second-order valence-corrected chi connectivity index (χ2v) is 6.15. The minimum Gasteiger partial charge on any atom is -0.258 e. The van der Waals surface area contributed by atoms with Gasteiger partial charge in [-0.25, -0.2) is 0 Å². The Balaban J connectivity index is 1.61. The van der Waals surface area contributed by atoms with Crippen LogP contribution in [0, 0.1) is 0 Å². The maximum absolute atomic E-state index is 4.59. The predicted octanol–water partition coefficient (Wildman–Crippen LogP) is 3.40. The zero-order valence-electron chi connectivity index (χ0n) is 11.0. The summed E-state index contributed by atoms with van der Waals surface area (Å²) in [6.45, 7) is 0. The van der Waals surface area contributed by atoms with Crippen LogP contribution >= 0.6 is 11.8 Å². The summed E-state index contributed by atoms with van der Waals surface area (Å²) in [6, 6.07) is 15.5. The van der Waals surface area contributed by atoms with Gasteiger partial charge < -0.3 is 0 Å². The number of aliphatic imine (C=N–C) groups is 1. The standard InChI is InChI=1S/C16H15N3S/c1-2-4-12-9-13(6-5-11(12)3-1)15-10-20-16(19-18-15)17-14-7-8-14/h1-6,9,14H,7-8,10H2,(H,17,19). The van der Waals surface area contributed by atoms with E-state index >= 15 is 0 Å². The van der Waals surface area contributed by atoms with Gasteiger partial charge in [-0.05, 0) is 35.2 Å². The molecule has 1 N–H and O–H groups in total. The molecule has 2 aromatic carbocycles. The van der Waals surface area contributed by atoms with Gasteiger partial charge in [-0.2, -0.15) is 5.10 Å². The largest absolute Gasteiger partial charge is 0.258 e. The van der Waals surface area contributed by atoms with E-state index in [-0.39, 0.29) is 0 Å². The average molecular weight is 281 g/mol. The maximum atomic E-state index is 4.59. The van der Waals surface area contributed by atoms with Crippen molar-refractivity contribution in [2.45, 2.75) is 18.9 Å². The third-order valence-corrected chi connectivity index (χ3v) is 4.45. The molecular weight excluding hydrogens is 266 g/mol. The van der Waals surface area contributed by atoms with Crippen LogP contribution in [0.5, 0.6) is 0 Å². The SMILES string of the molecule is c1ccc2cc(C3=NNC(=NC4CC4)SC3)ccc2c1. The number of benzene rings is 2. The highest BCUT2D eigenvalue weighted by Crippen LogP contribution is 2.26. The highest BCUT2D eigenvalue weighted by Gasteiger charge is 2.22. The van der Waals surface area contributed by atoms with E-state index in [1.807, 2.05) is 0 Å². The molecule has 3 nitrogen and oxygen atoms in total. The number of amidine groups is 1. The van der Waals surface area contributed by atoms with Crippen molar-refractivity contribution in [3.63, 3.8) is 0 Å². The van der Waals surface area contributed by atoms with Gasteiger partial charge in [0.2, 0.25) is 0 Å². The quantitative estimate of drug-likeness (QED) is 0.916. The molecule has 0 radical (unpaired) electrons. The first-order valence-electron chi connectivity index (χ1n) is 6.91. The average Bonchev–Trinajstić information content (AvgIpc) is 3.32. The molecule has 1 aliphatic carbocycles. The van der Waals surface area contributed by atoms with Crippen LogP contribution in [0.4, 0.5) is 0 Å². The predicted molar refractivity (Wildman–Crippen MR) is 86.5 cm³/mol. The maximum Gasteiger partial charge on any atom is 0.177 e. The van der Waals surface area contributed by atoms with Crippen LogP contribution in [0.15, 0.2) is 52.6 Å². The van der Waals surface area contributed by atoms with Crippen LogP contribution in [-0.2, 0) is 0 Å². The Morgan fingerprint density at radius 3 is 2.70 bits per heavy atom. The van der Waals surface area contributed by atoms with Crippen LogP contribution in [0.25, 0.3) is 10.8 Å². The summed E-state index contributed by atoms with van der Waals surface area (Å²) in [5.74, 6) is 0.886. The number of hydrogen-bond acceptors (Lipinski definition) is 3. The van der Waals surface area contributed by atoms with Crippen molar-refractivity contribution in [2.75, 3.05) is 5.75 Å². The molecule has 100 valence electrons. The van der Waals surface area contributed by atoms with Gasteiger partial charge in [0.05, 0.1) is 11.8 Å². The fourth-order valence-corrected chi connectivity index (χ4v) is 3.11. The van der Waals surface area contributed by atoms with E-state index in [1.165, 1.54) is 29.2 Å². The molecule has 1 fully saturated rings. The van der Waals surface area contributed by atoms with Crippen molar-refractivity contribution in [3.05, 3.63) is 48.0 Å². The Morgan fingerprint density at radius 2 is 1.95 bits per heavy atom. The number of rotatable bonds is 2. The van der Waals surface area contributed by atoms with Crippen molar-refractivity contribution in [3.8, 4) is 0 Å². The second-order valence-electron chi connectivity index (χ2n) is 5.19. The monoisotopic (exact) mass is 281 g/mol. The molecule has 1 heterocycles. The van der Waals surface area contributed by atoms with Crippen LogP contribution in [0.3, 0.4) is 0 Å². The molecule has 1 aliphatic heterocycles. The van der Waals surface area contributed by atoms with E-state index in [0.29, 0.717) is 6.04 Å². The van der Waals surface area contributed by atoms with Crippen molar-refractivity contribution < 1.29 is 0 Å². The highest BCUT2D eigenvalue weighted by molar-refractivity contribution is 8.14. The van der Waals surface area contributed by atoms with Crippen molar-refractivity contribution in [2.24, 2.45) is 10.1 Å². The van der Waals surface area contributed by atoms with E-state index in [0.717, 1.165) is 16.6 Å². The summed E-state index contributed by atoms with van der Waals surface area (Å²) in [5.41, 5.74) is 5.37. The van der Waals surface area contributed by atoms with E-state index in [1.54, 1.807) is 11.8 Å². The second kappa shape index (κ2) is 4.94. The first-order chi connectivity index (χ1) is 9.88. The van der Waals surface area contributed by atoms with Gasteiger partial charge in [0, 0.05) is 5.75 Å². The molecule has 20 heavy (non-hydrogen) atoms. The number of nitrogens with zero attached hydrogens (tertiary/aromatic N) is 2. The highest BCUT2D eigenvalue weighted by atomic mass is 32.2. The Kier molecular flexibility index (Phi) is 2.96. The van der Waals surface area contributed by atoms with E-state index < -0.39 is 0 Å². The van der Waals surface area contributed by atoms with Gasteiger partial charge in [-0.1, -0.05) is 48.2 Å². The number of thioether (sulfide) groups is 1. The molecular formula is C16H15N3S. The molecule has 4 heteroatoms. The fourth-order valence-electron chi connectivity index (χ4n) is 2.27. The van der Waals surface area contributed by atoms with Gasteiger partial charge >= 0.3 is 0 Å². The third kappa shape index (κ3) is 2.43. The Bertz CT molecular complexity index is 716. The molecule has 0 spiro atoms. The van der Waals surface area contributed by atoms with Crippen LogP contribution in [0.1, 0.15) is 18.4 Å². The lowest BCUT2D eigenvalue weighted by Crippen LogP contribution is -2.25. The summed E-state index contributed by atoms with van der Waals surface area (Å²) >= 11 is 1.75. The molecule has 0 unspecified atom stereocenters. The van der Waals surface area contributed by atoms with Crippen molar-refractivity contribution in [1.82, 2.24) is 5.43 Å². The molecule has 0 aromatic heterocycles. The molecule has 0 amide bonds. The lowest BCUT2D eigenvalue weighted by molar-refractivity contribution is 0.985. The van der Waals surface area contributed by atoms with E-state index in [2.05, 4.69) is 58.0 Å². The molecule has 0 bridgehead atoms. The number of fused-ring (bicyclic) bond motifs is 1. The van der Waals surface area contributed by atoms with Crippen molar-refractivity contribution >= 4 is 33.4 Å². The first kappa shape index (κ1) is 12.0. The van der Waals surface area contributed by atoms with Gasteiger partial charge in [-0.3, -0.25) is 10.4 Å². The lowest BCUT2D eigenvalue weighted by Gasteiger charge is -2.15. The minimum atomic E-state index is 0.544. The molecule has 4 rings (SSSR count). The Morgan fingerprint density at radius 1 is 1.10 bits per heavy atom. The van der Waals surface area contributed by atoms with Gasteiger partial charge in [0.25, 0.3) is 0 Å². The Labute approximate surface area is 122 Å². The molecule has 2 aromatic rings. The smallest absolute Gasteiger partial charge is 0.177 e. The summed E-state index contributed by atoms with van der Waals surface area (Å²) in [7, 11) is 0. The normalized spacial score (nSPS) is 20.8. The summed E-state index contributed by atoms with van der Waals surface area (Å²) in [5, 5.41) is 7.98. The number of hydrogen-bond donors (Lipinski definition) is 1. The van der Waals surface area contributed by atoms with E-state index in [4.69, 9.17) is 0 Å². The van der Waals surface area contributed by atoms with Crippen LogP contribution in [-0.4, -0.2) is 22.7 Å².